The number of hydrogen-bond donors (Lipinski definition) is 0. The minimum absolute atomic E-state index is 0.856. The van der Waals surface area contributed by atoms with Crippen LogP contribution in [0.5, 0.6) is 0 Å². The second-order valence-corrected chi connectivity index (χ2v) is 4.33. The number of allylic oxidation sites excluding steroid dienone is 2. The Labute approximate surface area is 77.1 Å². The molecule has 70 valence electrons. The highest BCUT2D eigenvalue weighted by molar-refractivity contribution is 5.07. The summed E-state index contributed by atoms with van der Waals surface area (Å²) in [7, 11) is 0. The third-order valence-electron chi connectivity index (χ3n) is 3.02. The van der Waals surface area contributed by atoms with Gasteiger partial charge in [-0.05, 0) is 31.1 Å². The summed E-state index contributed by atoms with van der Waals surface area (Å²) >= 11 is 0. The average molecular weight is 166 g/mol. The minimum atomic E-state index is 0.856. The van der Waals surface area contributed by atoms with Crippen molar-refractivity contribution in [2.75, 3.05) is 0 Å². The predicted molar refractivity (Wildman–Crippen MR) is 55.2 cm³/mol. The van der Waals surface area contributed by atoms with Crippen LogP contribution in [0.1, 0.15) is 52.9 Å². The van der Waals surface area contributed by atoms with E-state index in [2.05, 4.69) is 26.8 Å². The lowest BCUT2D eigenvalue weighted by atomic mass is 9.93. The second kappa shape index (κ2) is 4.69. The van der Waals surface area contributed by atoms with E-state index in [9.17, 15) is 0 Å². The first-order valence-corrected chi connectivity index (χ1v) is 5.43. The lowest BCUT2D eigenvalue weighted by Gasteiger charge is -2.13. The van der Waals surface area contributed by atoms with Gasteiger partial charge in [-0.25, -0.2) is 0 Å². The SMILES string of the molecule is CCC=C1CC(C)CCCC1C. The molecule has 1 aliphatic carbocycles. The van der Waals surface area contributed by atoms with E-state index < -0.39 is 0 Å². The molecule has 1 saturated carbocycles. The maximum atomic E-state index is 2.45. The highest BCUT2D eigenvalue weighted by atomic mass is 14.2. The van der Waals surface area contributed by atoms with Crippen molar-refractivity contribution in [3.63, 3.8) is 0 Å². The van der Waals surface area contributed by atoms with Gasteiger partial charge in [-0.2, -0.15) is 0 Å². The second-order valence-electron chi connectivity index (χ2n) is 4.33. The van der Waals surface area contributed by atoms with Gasteiger partial charge in [0.1, 0.15) is 0 Å². The van der Waals surface area contributed by atoms with Crippen molar-refractivity contribution in [1.29, 1.82) is 0 Å². The van der Waals surface area contributed by atoms with Crippen LogP contribution in [0.15, 0.2) is 11.6 Å². The van der Waals surface area contributed by atoms with Crippen LogP contribution in [0.4, 0.5) is 0 Å². The van der Waals surface area contributed by atoms with E-state index in [1.807, 2.05) is 0 Å². The summed E-state index contributed by atoms with van der Waals surface area (Å²) in [6.07, 6.45) is 9.30. The molecule has 0 bridgehead atoms. The Balaban J connectivity index is 2.60. The first-order chi connectivity index (χ1) is 5.74. The molecule has 0 nitrogen and oxygen atoms in total. The molecule has 0 N–H and O–H groups in total. The predicted octanol–water partition coefficient (Wildman–Crippen LogP) is 4.17. The molecule has 0 amide bonds. The molecule has 2 unspecified atom stereocenters. The Morgan fingerprint density at radius 1 is 1.33 bits per heavy atom. The van der Waals surface area contributed by atoms with Gasteiger partial charge in [-0.1, -0.05) is 45.3 Å². The third-order valence-corrected chi connectivity index (χ3v) is 3.02. The Morgan fingerprint density at radius 2 is 2.08 bits per heavy atom. The van der Waals surface area contributed by atoms with Gasteiger partial charge >= 0.3 is 0 Å². The van der Waals surface area contributed by atoms with Crippen LogP contribution in [0.25, 0.3) is 0 Å². The molecule has 0 radical (unpaired) electrons. The highest BCUT2D eigenvalue weighted by Gasteiger charge is 2.16. The Kier molecular flexibility index (Phi) is 3.84. The van der Waals surface area contributed by atoms with Gasteiger partial charge in [0, 0.05) is 0 Å². The maximum absolute atomic E-state index is 2.45. The van der Waals surface area contributed by atoms with Crippen molar-refractivity contribution in [1.82, 2.24) is 0 Å². The zero-order valence-electron chi connectivity index (χ0n) is 8.77. The smallest absolute Gasteiger partial charge is 0.0232 e. The van der Waals surface area contributed by atoms with Gasteiger partial charge in [-0.15, -0.1) is 0 Å². The summed E-state index contributed by atoms with van der Waals surface area (Å²) < 4.78 is 0. The van der Waals surface area contributed by atoms with Gasteiger partial charge in [0.2, 0.25) is 0 Å². The van der Waals surface area contributed by atoms with E-state index in [-0.39, 0.29) is 0 Å². The summed E-state index contributed by atoms with van der Waals surface area (Å²) in [5.41, 5.74) is 1.72. The standard InChI is InChI=1S/C12H22/c1-4-6-12-9-10(2)7-5-8-11(12)3/h6,10-11H,4-5,7-9H2,1-3H3. The lowest BCUT2D eigenvalue weighted by molar-refractivity contribution is 0.528. The Bertz CT molecular complexity index is 155. The van der Waals surface area contributed by atoms with Crippen LogP contribution in [-0.2, 0) is 0 Å². The molecule has 0 aliphatic heterocycles. The molecule has 1 rings (SSSR count). The molecular formula is C12H22. The largest absolute Gasteiger partial charge is 0.0853 e. The summed E-state index contributed by atoms with van der Waals surface area (Å²) in [6.45, 7) is 7.02. The van der Waals surface area contributed by atoms with Gasteiger partial charge in [0.15, 0.2) is 0 Å². The topological polar surface area (TPSA) is 0 Å². The monoisotopic (exact) mass is 166 g/mol. The van der Waals surface area contributed by atoms with E-state index in [0.29, 0.717) is 0 Å². The normalized spacial score (nSPS) is 35.1. The molecule has 2 atom stereocenters. The summed E-state index contributed by atoms with van der Waals surface area (Å²) in [4.78, 5) is 0. The Morgan fingerprint density at radius 3 is 2.75 bits per heavy atom. The highest BCUT2D eigenvalue weighted by Crippen LogP contribution is 2.31. The molecule has 0 heteroatoms. The molecule has 0 aromatic heterocycles. The zero-order valence-corrected chi connectivity index (χ0v) is 8.77. The van der Waals surface area contributed by atoms with Crippen molar-refractivity contribution >= 4 is 0 Å². The molecule has 0 saturated heterocycles. The zero-order chi connectivity index (χ0) is 8.97. The van der Waals surface area contributed by atoms with Crippen molar-refractivity contribution in [3.05, 3.63) is 11.6 Å². The molecular weight excluding hydrogens is 144 g/mol. The van der Waals surface area contributed by atoms with Crippen LogP contribution in [0.3, 0.4) is 0 Å². The first-order valence-electron chi connectivity index (χ1n) is 5.43. The molecule has 0 aromatic rings. The number of hydrogen-bond acceptors (Lipinski definition) is 0. The van der Waals surface area contributed by atoms with Crippen LogP contribution in [0.2, 0.25) is 0 Å². The lowest BCUT2D eigenvalue weighted by Crippen LogP contribution is -1.98. The van der Waals surface area contributed by atoms with Crippen LogP contribution in [0, 0.1) is 11.8 Å². The van der Waals surface area contributed by atoms with E-state index in [1.165, 1.54) is 32.1 Å². The first kappa shape index (κ1) is 9.83. The molecule has 0 heterocycles. The molecule has 1 aliphatic rings. The Hall–Kier alpha value is -0.260. The van der Waals surface area contributed by atoms with Gasteiger partial charge in [-0.3, -0.25) is 0 Å². The fourth-order valence-electron chi connectivity index (χ4n) is 2.21. The average Bonchev–Trinajstić information content (AvgIpc) is 2.16. The van der Waals surface area contributed by atoms with E-state index in [0.717, 1.165) is 11.8 Å². The van der Waals surface area contributed by atoms with Gasteiger partial charge < -0.3 is 0 Å². The van der Waals surface area contributed by atoms with Crippen molar-refractivity contribution < 1.29 is 0 Å². The molecule has 12 heavy (non-hydrogen) atoms. The summed E-state index contributed by atoms with van der Waals surface area (Å²) in [5, 5.41) is 0. The molecule has 1 fully saturated rings. The minimum Gasteiger partial charge on any atom is -0.0853 e. The maximum Gasteiger partial charge on any atom is -0.0232 e. The number of rotatable bonds is 1. The van der Waals surface area contributed by atoms with Crippen molar-refractivity contribution in [2.45, 2.75) is 52.9 Å². The molecule has 0 spiro atoms. The third kappa shape index (κ3) is 2.66. The van der Waals surface area contributed by atoms with Crippen LogP contribution in [-0.4, -0.2) is 0 Å². The fraction of sp³-hybridized carbons (Fsp3) is 0.833. The van der Waals surface area contributed by atoms with Crippen molar-refractivity contribution in [3.8, 4) is 0 Å². The van der Waals surface area contributed by atoms with E-state index >= 15 is 0 Å². The quantitative estimate of drug-likeness (QED) is 0.405. The van der Waals surface area contributed by atoms with Crippen LogP contribution >= 0.6 is 0 Å². The summed E-state index contributed by atoms with van der Waals surface area (Å²) in [6, 6.07) is 0. The van der Waals surface area contributed by atoms with Gasteiger partial charge in [0.05, 0.1) is 0 Å². The molecule has 0 aromatic carbocycles. The van der Waals surface area contributed by atoms with E-state index in [4.69, 9.17) is 0 Å². The van der Waals surface area contributed by atoms with Crippen molar-refractivity contribution in [2.24, 2.45) is 11.8 Å². The van der Waals surface area contributed by atoms with Gasteiger partial charge in [0.25, 0.3) is 0 Å². The summed E-state index contributed by atoms with van der Waals surface area (Å²) in [5.74, 6) is 1.78. The fourth-order valence-corrected chi connectivity index (χ4v) is 2.21. The van der Waals surface area contributed by atoms with E-state index in [1.54, 1.807) is 5.57 Å². The van der Waals surface area contributed by atoms with Crippen LogP contribution < -0.4 is 0 Å².